The molecule has 4 rings (SSSR count). The molecule has 1 aliphatic rings. The number of nitrogens with one attached hydrogen (secondary N) is 2. The molecule has 25 heavy (non-hydrogen) atoms. The fourth-order valence-electron chi connectivity index (χ4n) is 3.19. The summed E-state index contributed by atoms with van der Waals surface area (Å²) < 4.78 is 0. The van der Waals surface area contributed by atoms with Gasteiger partial charge in [0.1, 0.15) is 5.82 Å². The number of fused-ring (bicyclic) bond motifs is 2. The second-order valence-electron chi connectivity index (χ2n) is 6.52. The summed E-state index contributed by atoms with van der Waals surface area (Å²) in [5, 5.41) is 7.92. The van der Waals surface area contributed by atoms with Crippen LogP contribution >= 0.6 is 11.6 Å². The number of benzene rings is 1. The molecule has 0 radical (unpaired) electrons. The first-order valence-electron chi connectivity index (χ1n) is 8.15. The number of aromatic amines is 2. The van der Waals surface area contributed by atoms with Gasteiger partial charge in [-0.25, -0.2) is 4.98 Å². The Bertz CT molecular complexity index is 946. The van der Waals surface area contributed by atoms with Crippen molar-refractivity contribution in [1.29, 1.82) is 0 Å². The summed E-state index contributed by atoms with van der Waals surface area (Å²) in [7, 11) is 3.81. The second kappa shape index (κ2) is 6.16. The Morgan fingerprint density at radius 3 is 3.12 bits per heavy atom. The van der Waals surface area contributed by atoms with E-state index in [0.29, 0.717) is 17.3 Å². The molecule has 130 valence electrons. The minimum absolute atomic E-state index is 0.105. The fraction of sp³-hybridized carbons (Fsp3) is 0.353. The van der Waals surface area contributed by atoms with Crippen molar-refractivity contribution in [3.63, 3.8) is 0 Å². The van der Waals surface area contributed by atoms with Gasteiger partial charge in [0, 0.05) is 42.8 Å². The van der Waals surface area contributed by atoms with Crippen LogP contribution in [0.1, 0.15) is 27.6 Å². The highest BCUT2D eigenvalue weighted by Gasteiger charge is 2.26. The molecule has 0 bridgehead atoms. The molecule has 3 aromatic rings. The lowest BCUT2D eigenvalue weighted by Crippen LogP contribution is -2.31. The molecule has 0 unspecified atom stereocenters. The highest BCUT2D eigenvalue weighted by Crippen LogP contribution is 2.21. The third kappa shape index (κ3) is 3.01. The second-order valence-corrected chi connectivity index (χ2v) is 6.96. The normalized spacial score (nSPS) is 14.7. The van der Waals surface area contributed by atoms with E-state index in [1.165, 1.54) is 0 Å². The van der Waals surface area contributed by atoms with Crippen LogP contribution in [0.3, 0.4) is 0 Å². The van der Waals surface area contributed by atoms with Gasteiger partial charge in [0.15, 0.2) is 5.69 Å². The van der Waals surface area contributed by atoms with Gasteiger partial charge in [-0.1, -0.05) is 11.6 Å². The van der Waals surface area contributed by atoms with Gasteiger partial charge in [-0.05, 0) is 25.2 Å². The molecule has 8 heteroatoms. The molecule has 2 N–H and O–H groups in total. The molecule has 0 aliphatic carbocycles. The number of hydrogen-bond donors (Lipinski definition) is 2. The molecule has 0 fully saturated rings. The molecule has 0 saturated carbocycles. The van der Waals surface area contributed by atoms with E-state index < -0.39 is 0 Å². The first-order chi connectivity index (χ1) is 12.0. The maximum atomic E-state index is 12.8. The predicted octanol–water partition coefficient (Wildman–Crippen LogP) is 2.20. The number of aromatic nitrogens is 4. The molecule has 0 atom stereocenters. The molecular formula is C17H19ClN6O. The Morgan fingerprint density at radius 1 is 1.44 bits per heavy atom. The van der Waals surface area contributed by atoms with E-state index in [9.17, 15) is 4.79 Å². The third-order valence-corrected chi connectivity index (χ3v) is 4.79. The zero-order chi connectivity index (χ0) is 17.6. The summed E-state index contributed by atoms with van der Waals surface area (Å²) in [4.78, 5) is 24.4. The molecule has 1 aromatic carbocycles. The van der Waals surface area contributed by atoms with Crippen LogP contribution < -0.4 is 0 Å². The predicted molar refractivity (Wildman–Crippen MR) is 95.5 cm³/mol. The van der Waals surface area contributed by atoms with Gasteiger partial charge in [0.2, 0.25) is 0 Å². The van der Waals surface area contributed by atoms with Crippen molar-refractivity contribution in [1.82, 2.24) is 30.0 Å². The van der Waals surface area contributed by atoms with Crippen molar-refractivity contribution in [2.75, 3.05) is 20.6 Å². The van der Waals surface area contributed by atoms with Crippen LogP contribution in [-0.4, -0.2) is 56.5 Å². The number of nitrogens with zero attached hydrogens (tertiary/aromatic N) is 4. The number of amides is 1. The van der Waals surface area contributed by atoms with Crippen LogP contribution in [0, 0.1) is 0 Å². The van der Waals surface area contributed by atoms with Crippen LogP contribution in [0.5, 0.6) is 0 Å². The Labute approximate surface area is 150 Å². The van der Waals surface area contributed by atoms with Gasteiger partial charge in [-0.15, -0.1) is 0 Å². The average molecular weight is 359 g/mol. The van der Waals surface area contributed by atoms with Gasteiger partial charge in [0.25, 0.3) is 5.91 Å². The maximum Gasteiger partial charge on any atom is 0.274 e. The Morgan fingerprint density at radius 2 is 2.28 bits per heavy atom. The number of rotatable bonds is 3. The average Bonchev–Trinajstić information content (AvgIpc) is 3.16. The van der Waals surface area contributed by atoms with Crippen molar-refractivity contribution in [3.05, 3.63) is 46.0 Å². The number of carbonyl (C=O) groups is 1. The van der Waals surface area contributed by atoms with Gasteiger partial charge in [0.05, 0.1) is 17.6 Å². The first-order valence-corrected chi connectivity index (χ1v) is 8.53. The van der Waals surface area contributed by atoms with E-state index in [0.717, 1.165) is 47.6 Å². The van der Waals surface area contributed by atoms with E-state index in [1.54, 1.807) is 18.0 Å². The van der Waals surface area contributed by atoms with E-state index >= 15 is 0 Å². The largest absolute Gasteiger partial charge is 0.340 e. The summed E-state index contributed by atoms with van der Waals surface area (Å²) in [6.45, 7) is 2.09. The highest BCUT2D eigenvalue weighted by atomic mass is 35.5. The van der Waals surface area contributed by atoms with Gasteiger partial charge in [-0.2, -0.15) is 5.10 Å². The van der Waals surface area contributed by atoms with Crippen molar-refractivity contribution in [2.45, 2.75) is 19.5 Å². The zero-order valence-electron chi connectivity index (χ0n) is 14.1. The van der Waals surface area contributed by atoms with Crippen molar-refractivity contribution >= 4 is 28.5 Å². The monoisotopic (exact) mass is 358 g/mol. The van der Waals surface area contributed by atoms with E-state index in [-0.39, 0.29) is 5.91 Å². The highest BCUT2D eigenvalue weighted by molar-refractivity contribution is 6.31. The summed E-state index contributed by atoms with van der Waals surface area (Å²) in [5.74, 6) is 0.612. The van der Waals surface area contributed by atoms with Gasteiger partial charge in [-0.3, -0.25) is 9.89 Å². The summed E-state index contributed by atoms with van der Waals surface area (Å²) in [6.07, 6.45) is 0.889. The number of H-pyrrole nitrogens is 2. The Balaban J connectivity index is 1.55. The van der Waals surface area contributed by atoms with Gasteiger partial charge < -0.3 is 14.8 Å². The standard InChI is InChI=1S/C17H19ClN6O/c1-23-6-5-12-11(8-23)16(22-21-12)17(25)24(2)9-15-19-13-4-3-10(18)7-14(13)20-15/h3-4,7H,5-6,8-9H2,1-2H3,(H,19,20)(H,21,22). The Hall–Kier alpha value is -2.38. The van der Waals surface area contributed by atoms with E-state index in [2.05, 4.69) is 25.1 Å². The van der Waals surface area contributed by atoms with Crippen LogP contribution in [0.2, 0.25) is 5.02 Å². The van der Waals surface area contributed by atoms with Crippen LogP contribution in [0.4, 0.5) is 0 Å². The Kier molecular flexibility index (Phi) is 3.97. The number of carbonyl (C=O) groups excluding carboxylic acids is 1. The molecule has 1 aliphatic heterocycles. The van der Waals surface area contributed by atoms with Crippen molar-refractivity contribution in [2.24, 2.45) is 0 Å². The number of hydrogen-bond acceptors (Lipinski definition) is 4. The smallest absolute Gasteiger partial charge is 0.274 e. The van der Waals surface area contributed by atoms with Crippen LogP contribution in [-0.2, 0) is 19.5 Å². The maximum absolute atomic E-state index is 12.8. The summed E-state index contributed by atoms with van der Waals surface area (Å²) in [6, 6.07) is 5.49. The molecule has 3 heterocycles. The minimum Gasteiger partial charge on any atom is -0.340 e. The molecule has 7 nitrogen and oxygen atoms in total. The number of likely N-dealkylation sites (N-methyl/N-ethyl adjacent to an activating group) is 1. The van der Waals surface area contributed by atoms with Crippen LogP contribution in [0.15, 0.2) is 18.2 Å². The molecular weight excluding hydrogens is 340 g/mol. The minimum atomic E-state index is -0.105. The summed E-state index contributed by atoms with van der Waals surface area (Å²) in [5.41, 5.74) is 4.26. The third-order valence-electron chi connectivity index (χ3n) is 4.55. The number of halogens is 1. The lowest BCUT2D eigenvalue weighted by Gasteiger charge is -2.23. The fourth-order valence-corrected chi connectivity index (χ4v) is 3.37. The van der Waals surface area contributed by atoms with E-state index in [4.69, 9.17) is 11.6 Å². The van der Waals surface area contributed by atoms with Crippen LogP contribution in [0.25, 0.3) is 11.0 Å². The summed E-state index contributed by atoms with van der Waals surface area (Å²) >= 11 is 6.00. The van der Waals surface area contributed by atoms with Crippen molar-refractivity contribution < 1.29 is 4.79 Å². The molecule has 0 saturated heterocycles. The lowest BCUT2D eigenvalue weighted by atomic mass is 10.1. The SMILES string of the molecule is CN1CCc2[nH]nc(C(=O)N(C)Cc3nc4ccc(Cl)cc4[nH]3)c2C1. The van der Waals surface area contributed by atoms with Gasteiger partial charge >= 0.3 is 0 Å². The lowest BCUT2D eigenvalue weighted by molar-refractivity contribution is 0.0774. The number of imidazole rings is 1. The van der Waals surface area contributed by atoms with Crippen molar-refractivity contribution in [3.8, 4) is 0 Å². The zero-order valence-corrected chi connectivity index (χ0v) is 14.9. The molecule has 1 amide bonds. The molecule has 2 aromatic heterocycles. The first kappa shape index (κ1) is 16.1. The van der Waals surface area contributed by atoms with E-state index in [1.807, 2.05) is 19.2 Å². The quantitative estimate of drug-likeness (QED) is 0.752. The molecule has 0 spiro atoms. The topological polar surface area (TPSA) is 80.9 Å².